The van der Waals surface area contributed by atoms with Crippen LogP contribution in [0.25, 0.3) is 48.8 Å². The highest BCUT2D eigenvalue weighted by Gasteiger charge is 2.21. The van der Waals surface area contributed by atoms with Crippen LogP contribution >= 0.6 is 0 Å². The maximum absolute atomic E-state index is 12.3. The zero-order valence-corrected chi connectivity index (χ0v) is 18.1. The van der Waals surface area contributed by atoms with E-state index in [4.69, 9.17) is 6.57 Å². The summed E-state index contributed by atoms with van der Waals surface area (Å²) in [6, 6.07) is 15.9. The lowest BCUT2D eigenvalue weighted by atomic mass is 9.92. The maximum atomic E-state index is 12.3. The predicted molar refractivity (Wildman–Crippen MR) is 128 cm³/mol. The molecule has 0 atom stereocenters. The number of fused-ring (bicyclic) bond motifs is 2. The first-order valence-electron chi connectivity index (χ1n) is 10.5. The van der Waals surface area contributed by atoms with E-state index in [-0.39, 0.29) is 5.56 Å². The number of nitrogens with one attached hydrogen (secondary N) is 1. The van der Waals surface area contributed by atoms with Gasteiger partial charge in [0.2, 0.25) is 5.69 Å². The molecule has 2 aromatic heterocycles. The summed E-state index contributed by atoms with van der Waals surface area (Å²) >= 11 is 0. The van der Waals surface area contributed by atoms with Crippen LogP contribution in [0.4, 0.5) is 5.69 Å². The fraction of sp³-hybridized carbons (Fsp3) is 0.154. The van der Waals surface area contributed by atoms with Crippen molar-refractivity contribution in [1.29, 1.82) is 0 Å². The second kappa shape index (κ2) is 7.47. The van der Waals surface area contributed by atoms with E-state index >= 15 is 0 Å². The molecule has 32 heavy (non-hydrogen) atoms. The van der Waals surface area contributed by atoms with E-state index in [0.717, 1.165) is 49.8 Å². The molecule has 6 heteroatoms. The van der Waals surface area contributed by atoms with Crippen LogP contribution in [-0.4, -0.2) is 20.0 Å². The van der Waals surface area contributed by atoms with E-state index in [1.165, 1.54) is 0 Å². The molecule has 0 spiro atoms. The monoisotopic (exact) mass is 419 g/mol. The van der Waals surface area contributed by atoms with E-state index in [1.54, 1.807) is 0 Å². The van der Waals surface area contributed by atoms with Gasteiger partial charge in [0.05, 0.1) is 29.5 Å². The summed E-state index contributed by atoms with van der Waals surface area (Å²) in [4.78, 5) is 16.2. The molecular formula is C26H21N5O. The third-order valence-electron chi connectivity index (χ3n) is 6.02. The Morgan fingerprint density at radius 1 is 1.09 bits per heavy atom. The SMILES string of the molecule is [C-]#[N+]c1c(-c2c(-c3ccc4c(=O)[nH]nc(CC)c4c3)cnn2C)c(C)cc2ccccc12. The summed E-state index contributed by atoms with van der Waals surface area (Å²) in [7, 11) is 1.89. The minimum atomic E-state index is -0.198. The van der Waals surface area contributed by atoms with Crippen LogP contribution in [0.2, 0.25) is 0 Å². The third-order valence-corrected chi connectivity index (χ3v) is 6.02. The van der Waals surface area contributed by atoms with E-state index in [2.05, 4.69) is 26.2 Å². The molecule has 156 valence electrons. The van der Waals surface area contributed by atoms with Crippen molar-refractivity contribution in [1.82, 2.24) is 20.0 Å². The van der Waals surface area contributed by atoms with Gasteiger partial charge in [-0.15, -0.1) is 0 Å². The molecule has 0 radical (unpaired) electrons. The van der Waals surface area contributed by atoms with Gasteiger partial charge in [0.15, 0.2) is 0 Å². The zero-order chi connectivity index (χ0) is 22.4. The van der Waals surface area contributed by atoms with E-state index in [9.17, 15) is 4.79 Å². The minimum Gasteiger partial charge on any atom is -0.269 e. The normalized spacial score (nSPS) is 11.2. The number of aromatic nitrogens is 4. The van der Waals surface area contributed by atoms with Gasteiger partial charge >= 0.3 is 0 Å². The quantitative estimate of drug-likeness (QED) is 0.389. The fourth-order valence-corrected chi connectivity index (χ4v) is 4.48. The molecule has 5 aromatic rings. The highest BCUT2D eigenvalue weighted by molar-refractivity contribution is 6.05. The largest absolute Gasteiger partial charge is 0.272 e. The van der Waals surface area contributed by atoms with Gasteiger partial charge in [0.1, 0.15) is 0 Å². The molecule has 0 amide bonds. The van der Waals surface area contributed by atoms with Crippen LogP contribution in [0.5, 0.6) is 0 Å². The lowest BCUT2D eigenvalue weighted by Gasteiger charge is -2.15. The fourth-order valence-electron chi connectivity index (χ4n) is 4.48. The van der Waals surface area contributed by atoms with Crippen molar-refractivity contribution in [2.75, 3.05) is 0 Å². The first-order chi connectivity index (χ1) is 15.5. The molecule has 0 aliphatic heterocycles. The number of aromatic amines is 1. The van der Waals surface area contributed by atoms with Crippen molar-refractivity contribution >= 4 is 27.2 Å². The Kier molecular flexibility index (Phi) is 4.60. The summed E-state index contributed by atoms with van der Waals surface area (Å²) in [6.07, 6.45) is 2.54. The van der Waals surface area contributed by atoms with Crippen molar-refractivity contribution in [2.24, 2.45) is 7.05 Å². The topological polar surface area (TPSA) is 67.9 Å². The molecule has 6 nitrogen and oxygen atoms in total. The second-order valence-corrected chi connectivity index (χ2v) is 7.89. The van der Waals surface area contributed by atoms with Crippen LogP contribution in [0.15, 0.2) is 59.5 Å². The Balaban J connectivity index is 1.82. The summed E-state index contributed by atoms with van der Waals surface area (Å²) in [5, 5.41) is 14.8. The molecule has 0 aliphatic rings. The summed E-state index contributed by atoms with van der Waals surface area (Å²) in [6.45, 7) is 12.0. The highest BCUT2D eigenvalue weighted by atomic mass is 16.1. The molecule has 0 saturated heterocycles. The molecule has 2 heterocycles. The van der Waals surface area contributed by atoms with Crippen LogP contribution in [0, 0.1) is 13.5 Å². The van der Waals surface area contributed by atoms with Crippen LogP contribution < -0.4 is 5.56 Å². The molecular weight excluding hydrogens is 398 g/mol. The summed E-state index contributed by atoms with van der Waals surface area (Å²) < 4.78 is 1.82. The highest BCUT2D eigenvalue weighted by Crippen LogP contribution is 2.43. The Morgan fingerprint density at radius 3 is 2.69 bits per heavy atom. The number of nitrogens with zero attached hydrogens (tertiary/aromatic N) is 4. The Bertz CT molecular complexity index is 1620. The Morgan fingerprint density at radius 2 is 1.91 bits per heavy atom. The number of rotatable bonds is 3. The molecule has 0 saturated carbocycles. The average Bonchev–Trinajstić information content (AvgIpc) is 3.19. The summed E-state index contributed by atoms with van der Waals surface area (Å²) in [5.74, 6) is 0. The summed E-state index contributed by atoms with van der Waals surface area (Å²) in [5.41, 5.74) is 5.91. The van der Waals surface area contributed by atoms with Gasteiger partial charge in [-0.1, -0.05) is 48.9 Å². The standard InChI is InChI=1S/C26H21N5O/c1-5-22-20-13-17(10-11-19(20)26(32)30-29-22)21-14-28-31(4)25(21)23-15(2)12-16-8-6-7-9-18(16)24(23)27-3/h6-14H,5H2,1-2,4H3,(H,30,32). The molecule has 0 unspecified atom stereocenters. The molecule has 0 fully saturated rings. The number of benzene rings is 3. The Hall–Kier alpha value is -4.24. The number of aryl methyl sites for hydroxylation is 3. The molecule has 1 N–H and O–H groups in total. The van der Waals surface area contributed by atoms with Gasteiger partial charge in [-0.2, -0.15) is 10.2 Å². The van der Waals surface area contributed by atoms with E-state index in [0.29, 0.717) is 17.5 Å². The van der Waals surface area contributed by atoms with Crippen LogP contribution in [-0.2, 0) is 13.5 Å². The first-order valence-corrected chi connectivity index (χ1v) is 10.5. The average molecular weight is 419 g/mol. The molecule has 0 bridgehead atoms. The predicted octanol–water partition coefficient (Wildman–Crippen LogP) is 5.57. The van der Waals surface area contributed by atoms with Gasteiger partial charge in [-0.25, -0.2) is 9.94 Å². The van der Waals surface area contributed by atoms with Gasteiger partial charge in [-0.3, -0.25) is 9.48 Å². The first kappa shape index (κ1) is 19.7. The number of H-pyrrole nitrogens is 1. The van der Waals surface area contributed by atoms with Crippen molar-refractivity contribution in [3.05, 3.63) is 87.8 Å². The van der Waals surface area contributed by atoms with Gasteiger partial charge in [-0.05, 0) is 41.8 Å². The van der Waals surface area contributed by atoms with Crippen molar-refractivity contribution < 1.29 is 0 Å². The zero-order valence-electron chi connectivity index (χ0n) is 18.1. The number of hydrogen-bond donors (Lipinski definition) is 1. The molecule has 3 aromatic carbocycles. The van der Waals surface area contributed by atoms with Crippen molar-refractivity contribution in [2.45, 2.75) is 20.3 Å². The van der Waals surface area contributed by atoms with Crippen molar-refractivity contribution in [3.8, 4) is 22.4 Å². The van der Waals surface area contributed by atoms with Gasteiger partial charge in [0.25, 0.3) is 5.56 Å². The van der Waals surface area contributed by atoms with Crippen LogP contribution in [0.3, 0.4) is 0 Å². The second-order valence-electron chi connectivity index (χ2n) is 7.89. The Labute approximate surface area is 185 Å². The lowest BCUT2D eigenvalue weighted by molar-refractivity contribution is 0.776. The third kappa shape index (κ3) is 2.90. The minimum absolute atomic E-state index is 0.198. The van der Waals surface area contributed by atoms with E-state index in [1.807, 2.05) is 74.2 Å². The smallest absolute Gasteiger partial charge is 0.269 e. The van der Waals surface area contributed by atoms with E-state index < -0.39 is 0 Å². The van der Waals surface area contributed by atoms with Gasteiger partial charge in [0, 0.05) is 23.6 Å². The number of hydrogen-bond acceptors (Lipinski definition) is 3. The lowest BCUT2D eigenvalue weighted by Crippen LogP contribution is -2.10. The molecule has 0 aliphatic carbocycles. The molecule has 5 rings (SSSR count). The van der Waals surface area contributed by atoms with Crippen molar-refractivity contribution in [3.63, 3.8) is 0 Å². The van der Waals surface area contributed by atoms with Crippen LogP contribution in [0.1, 0.15) is 18.2 Å². The maximum Gasteiger partial charge on any atom is 0.272 e. The van der Waals surface area contributed by atoms with Gasteiger partial charge < -0.3 is 0 Å².